The Morgan fingerprint density at radius 3 is 2.12 bits per heavy atom. The highest BCUT2D eigenvalue weighted by Crippen LogP contribution is 2.35. The van der Waals surface area contributed by atoms with Crippen LogP contribution in [0.2, 0.25) is 0 Å². The summed E-state index contributed by atoms with van der Waals surface area (Å²) in [6.45, 7) is 3.89. The second kappa shape index (κ2) is 11.5. The van der Waals surface area contributed by atoms with Crippen molar-refractivity contribution in [2.45, 2.75) is 76.9 Å². The molecule has 144 valence electrons. The first kappa shape index (κ1) is 20.2. The van der Waals surface area contributed by atoms with Crippen LogP contribution in [0.5, 0.6) is 0 Å². The Labute approximate surface area is 161 Å². The van der Waals surface area contributed by atoms with Gasteiger partial charge in [-0.15, -0.1) is 0 Å². The largest absolute Gasteiger partial charge is 0.363 e. The predicted octanol–water partition coefficient (Wildman–Crippen LogP) is 5.75. The number of rotatable bonds is 13. The van der Waals surface area contributed by atoms with Crippen LogP contribution in [0.3, 0.4) is 0 Å². The number of thiocarbonyl (C=S) groups is 1. The van der Waals surface area contributed by atoms with Crippen molar-refractivity contribution < 1.29 is 7.59 Å². The van der Waals surface area contributed by atoms with Crippen LogP contribution in [0.25, 0.3) is 0 Å². The van der Waals surface area contributed by atoms with Gasteiger partial charge in [-0.25, -0.2) is 0 Å². The van der Waals surface area contributed by atoms with Crippen molar-refractivity contribution in [1.29, 1.82) is 0 Å². The van der Waals surface area contributed by atoms with Gasteiger partial charge in [-0.2, -0.15) is 0 Å². The van der Waals surface area contributed by atoms with E-state index in [0.29, 0.717) is 11.7 Å². The molecule has 0 amide bonds. The summed E-state index contributed by atoms with van der Waals surface area (Å²) in [4.78, 5) is 0. The molecule has 0 spiro atoms. The summed E-state index contributed by atoms with van der Waals surface area (Å²) in [7, 11) is 0. The standard InChI is InChI=1S/C21H34N2OS.2H2/c1-2-3-4-5-6-7-8-9-10-14-17-22-20(25)23-21(18-24-21)19-15-12-11-13-16-19;;/h11-13,15-16H,2-10,14,17-18H2,1H3,(H2,22,23,25);2*1H. The van der Waals surface area contributed by atoms with Crippen LogP contribution in [0.15, 0.2) is 30.3 Å². The molecule has 1 fully saturated rings. The molecule has 3 nitrogen and oxygen atoms in total. The number of hydrogen-bond donors (Lipinski definition) is 2. The van der Waals surface area contributed by atoms with Crippen molar-refractivity contribution in [3.63, 3.8) is 0 Å². The SMILES string of the molecule is CCCCCCCCCCCCNC(=S)NC1(c2ccccc2)CO1.[HH].[HH]. The van der Waals surface area contributed by atoms with Crippen LogP contribution in [0.4, 0.5) is 0 Å². The van der Waals surface area contributed by atoms with Crippen molar-refractivity contribution in [3.8, 4) is 0 Å². The third kappa shape index (κ3) is 7.74. The molecule has 0 saturated carbocycles. The van der Waals surface area contributed by atoms with Crippen molar-refractivity contribution in [2.24, 2.45) is 0 Å². The molecule has 1 aliphatic heterocycles. The highest BCUT2D eigenvalue weighted by molar-refractivity contribution is 7.80. The first-order chi connectivity index (χ1) is 12.3. The lowest BCUT2D eigenvalue weighted by atomic mass is 10.1. The molecular formula is C21H38N2OS. The Morgan fingerprint density at radius 2 is 1.56 bits per heavy atom. The van der Waals surface area contributed by atoms with E-state index < -0.39 is 5.72 Å². The molecule has 0 aromatic heterocycles. The molecule has 1 saturated heterocycles. The maximum absolute atomic E-state index is 5.62. The van der Waals surface area contributed by atoms with Crippen LogP contribution >= 0.6 is 12.2 Å². The van der Waals surface area contributed by atoms with E-state index in [4.69, 9.17) is 17.0 Å². The van der Waals surface area contributed by atoms with E-state index in [1.165, 1.54) is 64.2 Å². The van der Waals surface area contributed by atoms with E-state index >= 15 is 0 Å². The highest BCUT2D eigenvalue weighted by atomic mass is 32.1. The molecule has 1 aliphatic rings. The predicted molar refractivity (Wildman–Crippen MR) is 114 cm³/mol. The smallest absolute Gasteiger partial charge is 0.190 e. The number of nitrogens with one attached hydrogen (secondary N) is 2. The summed E-state index contributed by atoms with van der Waals surface area (Å²) in [6, 6.07) is 10.2. The van der Waals surface area contributed by atoms with Gasteiger partial charge < -0.3 is 15.4 Å². The van der Waals surface area contributed by atoms with Crippen molar-refractivity contribution >= 4 is 17.3 Å². The van der Waals surface area contributed by atoms with Crippen molar-refractivity contribution in [3.05, 3.63) is 35.9 Å². The van der Waals surface area contributed by atoms with E-state index in [1.807, 2.05) is 18.2 Å². The summed E-state index contributed by atoms with van der Waals surface area (Å²) in [5.74, 6) is 0. The molecule has 0 radical (unpaired) electrons. The Hall–Kier alpha value is -1.13. The second-order valence-corrected chi connectivity index (χ2v) is 7.45. The molecule has 0 aliphatic carbocycles. The van der Waals surface area contributed by atoms with Gasteiger partial charge in [-0.05, 0) is 18.6 Å². The highest BCUT2D eigenvalue weighted by Gasteiger charge is 2.47. The van der Waals surface area contributed by atoms with Crippen LogP contribution in [-0.2, 0) is 10.5 Å². The zero-order chi connectivity index (χ0) is 17.8. The molecule has 1 unspecified atom stereocenters. The molecule has 2 rings (SSSR count). The van der Waals surface area contributed by atoms with Crippen molar-refractivity contribution in [2.75, 3.05) is 13.2 Å². The molecule has 1 heterocycles. The van der Waals surface area contributed by atoms with Gasteiger partial charge in [0.25, 0.3) is 0 Å². The second-order valence-electron chi connectivity index (χ2n) is 7.04. The first-order valence-corrected chi connectivity index (χ1v) is 10.4. The molecule has 0 bridgehead atoms. The summed E-state index contributed by atoms with van der Waals surface area (Å²) in [5.41, 5.74) is 0.737. The minimum absolute atomic E-state index is 0. The van der Waals surface area contributed by atoms with Gasteiger partial charge in [0.15, 0.2) is 10.8 Å². The molecule has 1 aromatic carbocycles. The lowest BCUT2D eigenvalue weighted by Gasteiger charge is -2.17. The molecule has 25 heavy (non-hydrogen) atoms. The average molecular weight is 367 g/mol. The minimum Gasteiger partial charge on any atom is -0.363 e. The summed E-state index contributed by atoms with van der Waals surface area (Å²) < 4.78 is 5.62. The topological polar surface area (TPSA) is 36.6 Å². The normalized spacial score (nSPS) is 18.8. The van der Waals surface area contributed by atoms with Crippen LogP contribution < -0.4 is 10.6 Å². The summed E-state index contributed by atoms with van der Waals surface area (Å²) in [6.07, 6.45) is 13.5. The zero-order valence-electron chi connectivity index (χ0n) is 15.7. The maximum Gasteiger partial charge on any atom is 0.190 e. The lowest BCUT2D eigenvalue weighted by molar-refractivity contribution is 0.289. The fraction of sp³-hybridized carbons (Fsp3) is 0.667. The number of hydrogen-bond acceptors (Lipinski definition) is 2. The average Bonchev–Trinajstić information content (AvgIpc) is 3.41. The van der Waals surface area contributed by atoms with E-state index in [1.54, 1.807) is 0 Å². The van der Waals surface area contributed by atoms with E-state index in [0.717, 1.165) is 12.1 Å². The molecule has 2 N–H and O–H groups in total. The summed E-state index contributed by atoms with van der Waals surface area (Å²) >= 11 is 5.41. The Balaban J connectivity index is 0.00000338. The van der Waals surface area contributed by atoms with Crippen molar-refractivity contribution in [1.82, 2.24) is 10.6 Å². The van der Waals surface area contributed by atoms with Gasteiger partial charge in [0.1, 0.15) is 6.61 Å². The number of benzene rings is 1. The van der Waals surface area contributed by atoms with Gasteiger partial charge >= 0.3 is 0 Å². The maximum atomic E-state index is 5.62. The zero-order valence-corrected chi connectivity index (χ0v) is 16.5. The van der Waals surface area contributed by atoms with Crippen LogP contribution in [0, 0.1) is 0 Å². The lowest BCUT2D eigenvalue weighted by Crippen LogP contribution is -2.43. The fourth-order valence-electron chi connectivity index (χ4n) is 3.13. The van der Waals surface area contributed by atoms with Crippen LogP contribution in [0.1, 0.15) is 79.5 Å². The number of epoxide rings is 1. The fourth-order valence-corrected chi connectivity index (χ4v) is 3.40. The summed E-state index contributed by atoms with van der Waals surface area (Å²) in [5, 5.41) is 7.32. The van der Waals surface area contributed by atoms with E-state index in [9.17, 15) is 0 Å². The minimum atomic E-state index is -0.400. The van der Waals surface area contributed by atoms with E-state index in [-0.39, 0.29) is 2.85 Å². The molecular weight excluding hydrogens is 328 g/mol. The van der Waals surface area contributed by atoms with Gasteiger partial charge in [0.2, 0.25) is 0 Å². The van der Waals surface area contributed by atoms with Gasteiger partial charge in [0, 0.05) is 15.0 Å². The van der Waals surface area contributed by atoms with Crippen LogP contribution in [-0.4, -0.2) is 18.3 Å². The monoisotopic (exact) mass is 366 g/mol. The number of ether oxygens (including phenoxy) is 1. The third-order valence-electron chi connectivity index (χ3n) is 4.80. The molecule has 1 aromatic rings. The third-order valence-corrected chi connectivity index (χ3v) is 5.05. The Morgan fingerprint density at radius 1 is 1.00 bits per heavy atom. The number of unbranched alkanes of at least 4 members (excludes halogenated alkanes) is 9. The molecule has 1 atom stereocenters. The molecule has 4 heteroatoms. The quantitative estimate of drug-likeness (QED) is 0.265. The first-order valence-electron chi connectivity index (χ1n) is 10.0. The Kier molecular flexibility index (Phi) is 9.27. The van der Waals surface area contributed by atoms with Gasteiger partial charge in [-0.1, -0.05) is 95.0 Å². The van der Waals surface area contributed by atoms with Gasteiger partial charge in [-0.3, -0.25) is 0 Å². The van der Waals surface area contributed by atoms with Gasteiger partial charge in [0.05, 0.1) is 0 Å². The van der Waals surface area contributed by atoms with E-state index in [2.05, 4.69) is 29.7 Å². The Bertz CT molecular complexity index is 498.